The zero-order chi connectivity index (χ0) is 20.4. The van der Waals surface area contributed by atoms with Crippen molar-refractivity contribution >= 4 is 40.4 Å². The van der Waals surface area contributed by atoms with Crippen LogP contribution in [0.1, 0.15) is 27.7 Å². The van der Waals surface area contributed by atoms with Crippen LogP contribution in [0.2, 0.25) is 5.02 Å². The summed E-state index contributed by atoms with van der Waals surface area (Å²) in [5.74, 6) is 0.413. The number of carbonyl (C=O) groups excluding carboxylic acids is 2. The summed E-state index contributed by atoms with van der Waals surface area (Å²) in [5.41, 5.74) is 2.50. The van der Waals surface area contributed by atoms with Gasteiger partial charge in [0, 0.05) is 29.4 Å². The third-order valence-electron chi connectivity index (χ3n) is 4.67. The Morgan fingerprint density at radius 3 is 2.76 bits per heavy atom. The molecule has 0 bridgehead atoms. The van der Waals surface area contributed by atoms with Crippen LogP contribution in [-0.2, 0) is 17.9 Å². The number of fused-ring (bicyclic) bond motifs is 1. The third-order valence-corrected chi connectivity index (χ3v) is 5.80. The lowest BCUT2D eigenvalue weighted by Crippen LogP contribution is -2.37. The van der Waals surface area contributed by atoms with E-state index in [0.717, 1.165) is 11.1 Å². The van der Waals surface area contributed by atoms with Gasteiger partial charge in [0.2, 0.25) is 0 Å². The van der Waals surface area contributed by atoms with Crippen LogP contribution in [0.3, 0.4) is 0 Å². The van der Waals surface area contributed by atoms with E-state index in [9.17, 15) is 9.59 Å². The Hall–Kier alpha value is -2.83. The van der Waals surface area contributed by atoms with E-state index in [-0.39, 0.29) is 11.8 Å². The Morgan fingerprint density at radius 1 is 1.24 bits per heavy atom. The number of hydrogen-bond donors (Lipinski definition) is 1. The molecule has 2 heterocycles. The Kier molecular flexibility index (Phi) is 5.56. The number of ether oxygens (including phenoxy) is 1. The molecule has 1 unspecified atom stereocenters. The van der Waals surface area contributed by atoms with Crippen molar-refractivity contribution in [1.82, 2.24) is 4.90 Å². The molecule has 0 saturated heterocycles. The number of rotatable bonds is 4. The van der Waals surface area contributed by atoms with Crippen molar-refractivity contribution in [2.75, 3.05) is 5.32 Å². The third kappa shape index (κ3) is 4.44. The number of benzene rings is 2. The molecule has 1 aliphatic rings. The van der Waals surface area contributed by atoms with Crippen molar-refractivity contribution in [3.05, 3.63) is 81.0 Å². The molecule has 7 heteroatoms. The monoisotopic (exact) mass is 426 g/mol. The van der Waals surface area contributed by atoms with Gasteiger partial charge >= 0.3 is 0 Å². The van der Waals surface area contributed by atoms with Gasteiger partial charge in [-0.25, -0.2) is 0 Å². The van der Waals surface area contributed by atoms with E-state index in [4.69, 9.17) is 16.3 Å². The highest BCUT2D eigenvalue weighted by Crippen LogP contribution is 2.30. The fourth-order valence-corrected chi connectivity index (χ4v) is 3.97. The first-order valence-electron chi connectivity index (χ1n) is 9.17. The average molecular weight is 427 g/mol. The van der Waals surface area contributed by atoms with Gasteiger partial charge in [0.05, 0.1) is 4.88 Å². The van der Waals surface area contributed by atoms with Crippen molar-refractivity contribution in [2.24, 2.45) is 0 Å². The molecule has 2 aromatic carbocycles. The average Bonchev–Trinajstić information content (AvgIpc) is 3.22. The maximum Gasteiger partial charge on any atom is 0.265 e. The molecule has 3 aromatic rings. The second-order valence-electron chi connectivity index (χ2n) is 6.83. The summed E-state index contributed by atoms with van der Waals surface area (Å²) >= 11 is 7.35. The smallest absolute Gasteiger partial charge is 0.265 e. The lowest BCUT2D eigenvalue weighted by atomic mass is 10.1. The summed E-state index contributed by atoms with van der Waals surface area (Å²) in [6.45, 7) is 2.59. The van der Waals surface area contributed by atoms with E-state index in [1.165, 1.54) is 11.3 Å². The maximum atomic E-state index is 12.8. The highest BCUT2D eigenvalue weighted by atomic mass is 35.5. The lowest BCUT2D eigenvalue weighted by Gasteiger charge is -2.22. The van der Waals surface area contributed by atoms with Gasteiger partial charge in [-0.2, -0.15) is 0 Å². The number of nitrogens with one attached hydrogen (secondary N) is 1. The summed E-state index contributed by atoms with van der Waals surface area (Å²) in [5, 5.41) is 5.42. The Morgan fingerprint density at radius 2 is 2.03 bits per heavy atom. The van der Waals surface area contributed by atoms with Gasteiger partial charge in [0.25, 0.3) is 11.8 Å². The van der Waals surface area contributed by atoms with Crippen LogP contribution in [0, 0.1) is 0 Å². The van der Waals surface area contributed by atoms with E-state index in [1.807, 2.05) is 41.8 Å². The minimum atomic E-state index is -0.588. The molecule has 1 aromatic heterocycles. The summed E-state index contributed by atoms with van der Waals surface area (Å²) < 4.78 is 5.87. The van der Waals surface area contributed by atoms with Gasteiger partial charge in [-0.15, -0.1) is 11.3 Å². The van der Waals surface area contributed by atoms with E-state index in [1.54, 1.807) is 30.0 Å². The molecule has 0 spiro atoms. The summed E-state index contributed by atoms with van der Waals surface area (Å²) in [7, 11) is 0. The predicted octanol–water partition coefficient (Wildman–Crippen LogP) is 4.96. The number of thiophene rings is 1. The maximum absolute atomic E-state index is 12.8. The van der Waals surface area contributed by atoms with Crippen molar-refractivity contribution in [1.29, 1.82) is 0 Å². The second-order valence-corrected chi connectivity index (χ2v) is 8.22. The van der Waals surface area contributed by atoms with Crippen LogP contribution in [0.25, 0.3) is 0 Å². The first kappa shape index (κ1) is 19.5. The standard InChI is InChI=1S/C22H19ClN2O3S/c1-14-22(27)25(12-15-4-6-17(23)7-5-15)13-16-11-18(8-9-19(16)28-14)24-21(26)20-3-2-10-29-20/h2-11,14H,12-13H2,1H3,(H,24,26). The molecule has 0 fully saturated rings. The van der Waals surface area contributed by atoms with Crippen LogP contribution >= 0.6 is 22.9 Å². The fourth-order valence-electron chi connectivity index (χ4n) is 3.22. The lowest BCUT2D eigenvalue weighted by molar-refractivity contribution is -0.138. The second kappa shape index (κ2) is 8.27. The van der Waals surface area contributed by atoms with Crippen LogP contribution in [-0.4, -0.2) is 22.8 Å². The number of carbonyl (C=O) groups is 2. The highest BCUT2D eigenvalue weighted by molar-refractivity contribution is 7.12. The van der Waals surface area contributed by atoms with Gasteiger partial charge in [0.1, 0.15) is 5.75 Å². The number of nitrogens with zero attached hydrogens (tertiary/aromatic N) is 1. The van der Waals surface area contributed by atoms with Gasteiger partial charge in [-0.1, -0.05) is 29.8 Å². The number of hydrogen-bond acceptors (Lipinski definition) is 4. The van der Waals surface area contributed by atoms with Crippen molar-refractivity contribution in [2.45, 2.75) is 26.1 Å². The largest absolute Gasteiger partial charge is 0.481 e. The molecule has 5 nitrogen and oxygen atoms in total. The molecular weight excluding hydrogens is 408 g/mol. The van der Waals surface area contributed by atoms with Gasteiger partial charge in [0.15, 0.2) is 6.10 Å². The molecule has 1 N–H and O–H groups in total. The molecule has 4 rings (SSSR count). The van der Waals surface area contributed by atoms with Crippen molar-refractivity contribution < 1.29 is 14.3 Å². The van der Waals surface area contributed by atoms with Gasteiger partial charge in [-0.05, 0) is 54.3 Å². The van der Waals surface area contributed by atoms with Crippen molar-refractivity contribution in [3.63, 3.8) is 0 Å². The van der Waals surface area contributed by atoms with Gasteiger partial charge < -0.3 is 15.0 Å². The first-order chi connectivity index (χ1) is 14.0. The summed E-state index contributed by atoms with van der Waals surface area (Å²) in [6, 6.07) is 16.5. The predicted molar refractivity (Wildman–Crippen MR) is 115 cm³/mol. The fraction of sp³-hybridized carbons (Fsp3) is 0.182. The van der Waals surface area contributed by atoms with Crippen LogP contribution in [0.15, 0.2) is 60.0 Å². The van der Waals surface area contributed by atoms with Gasteiger partial charge in [-0.3, -0.25) is 9.59 Å². The normalized spacial score (nSPS) is 16.0. The molecule has 1 atom stereocenters. The molecule has 29 heavy (non-hydrogen) atoms. The molecule has 2 amide bonds. The SMILES string of the molecule is CC1Oc2ccc(NC(=O)c3cccs3)cc2CN(Cc2ccc(Cl)cc2)C1=O. The topological polar surface area (TPSA) is 58.6 Å². The number of amides is 2. The van der Waals surface area contributed by atoms with E-state index in [2.05, 4.69) is 5.32 Å². The summed E-state index contributed by atoms with van der Waals surface area (Å²) in [4.78, 5) is 27.5. The molecule has 0 radical (unpaired) electrons. The van der Waals surface area contributed by atoms with Crippen molar-refractivity contribution in [3.8, 4) is 5.75 Å². The Labute approximate surface area is 177 Å². The summed E-state index contributed by atoms with van der Waals surface area (Å²) in [6.07, 6.45) is -0.588. The van der Waals surface area contributed by atoms with E-state index >= 15 is 0 Å². The minimum absolute atomic E-state index is 0.0830. The molecule has 0 aliphatic carbocycles. The highest BCUT2D eigenvalue weighted by Gasteiger charge is 2.28. The molecular formula is C22H19ClN2O3S. The molecule has 0 saturated carbocycles. The first-order valence-corrected chi connectivity index (χ1v) is 10.4. The van der Waals surface area contributed by atoms with Crippen LogP contribution < -0.4 is 10.1 Å². The molecule has 1 aliphatic heterocycles. The van der Waals surface area contributed by atoms with Crippen LogP contribution in [0.5, 0.6) is 5.75 Å². The zero-order valence-electron chi connectivity index (χ0n) is 15.7. The molecule has 148 valence electrons. The quantitative estimate of drug-likeness (QED) is 0.641. The van der Waals surface area contributed by atoms with E-state index in [0.29, 0.717) is 34.4 Å². The number of halogens is 1. The Bertz CT molecular complexity index is 1030. The van der Waals surface area contributed by atoms with Crippen LogP contribution in [0.4, 0.5) is 5.69 Å². The number of anilines is 1. The van der Waals surface area contributed by atoms with E-state index < -0.39 is 6.10 Å². The zero-order valence-corrected chi connectivity index (χ0v) is 17.3. The minimum Gasteiger partial charge on any atom is -0.481 e. The Balaban J connectivity index is 1.57.